The molecule has 0 saturated heterocycles. The van der Waals surface area contributed by atoms with E-state index >= 15 is 0 Å². The Morgan fingerprint density at radius 1 is 0.824 bits per heavy atom. The van der Waals surface area contributed by atoms with Gasteiger partial charge in [0, 0.05) is 29.4 Å². The van der Waals surface area contributed by atoms with E-state index in [0.717, 1.165) is 53.7 Å². The molecule has 1 heterocycles. The van der Waals surface area contributed by atoms with Crippen molar-refractivity contribution in [3.8, 4) is 11.5 Å². The van der Waals surface area contributed by atoms with Crippen LogP contribution in [-0.4, -0.2) is 26.6 Å². The minimum absolute atomic E-state index is 0.0260. The summed E-state index contributed by atoms with van der Waals surface area (Å²) in [4.78, 5) is 18.2. The summed E-state index contributed by atoms with van der Waals surface area (Å²) >= 11 is 0. The third-order valence-corrected chi connectivity index (χ3v) is 8.28. The molecule has 0 radical (unpaired) electrons. The lowest BCUT2D eigenvalue weighted by Gasteiger charge is -2.56. The molecule has 2 aromatic carbocycles. The summed E-state index contributed by atoms with van der Waals surface area (Å²) in [6.45, 7) is 0. The van der Waals surface area contributed by atoms with Crippen LogP contribution in [0.25, 0.3) is 0 Å². The summed E-state index contributed by atoms with van der Waals surface area (Å²) in [5, 5.41) is 23.2. The Kier molecular flexibility index (Phi) is 5.09. The number of rotatable bonds is 5. The van der Waals surface area contributed by atoms with Crippen LogP contribution in [0.4, 0.5) is 0 Å². The van der Waals surface area contributed by atoms with E-state index in [1.165, 1.54) is 19.3 Å². The Balaban J connectivity index is 1.38. The molecule has 34 heavy (non-hydrogen) atoms. The van der Waals surface area contributed by atoms with Crippen LogP contribution in [0.3, 0.4) is 0 Å². The third kappa shape index (κ3) is 3.83. The molecular weight excluding hydrogens is 424 g/mol. The molecule has 4 aliphatic carbocycles. The second-order valence-electron chi connectivity index (χ2n) is 10.7. The van der Waals surface area contributed by atoms with Crippen LogP contribution in [-0.2, 0) is 0 Å². The first-order valence-corrected chi connectivity index (χ1v) is 12.3. The SMILES string of the molecule is O=C(NC12CC3CC(CC(C3)C1)C2)c1ccncc1C(c1ccc(O)cc1)c1ccc(O)cc1. The van der Waals surface area contributed by atoms with Crippen LogP contribution in [0.15, 0.2) is 67.0 Å². The van der Waals surface area contributed by atoms with E-state index in [2.05, 4.69) is 10.3 Å². The molecule has 1 amide bonds. The Bertz CT molecular complexity index is 1120. The van der Waals surface area contributed by atoms with Gasteiger partial charge in [-0.1, -0.05) is 24.3 Å². The smallest absolute Gasteiger partial charge is 0.252 e. The van der Waals surface area contributed by atoms with Crippen molar-refractivity contribution in [1.82, 2.24) is 10.3 Å². The lowest BCUT2D eigenvalue weighted by molar-refractivity contribution is -0.0167. The monoisotopic (exact) mass is 454 g/mol. The molecule has 0 spiro atoms. The largest absolute Gasteiger partial charge is 0.508 e. The molecule has 174 valence electrons. The van der Waals surface area contributed by atoms with Gasteiger partial charge in [-0.05, 0) is 103 Å². The van der Waals surface area contributed by atoms with Gasteiger partial charge in [-0.25, -0.2) is 0 Å². The maximum atomic E-state index is 13.8. The van der Waals surface area contributed by atoms with E-state index in [1.807, 2.05) is 30.3 Å². The van der Waals surface area contributed by atoms with Crippen LogP contribution in [0.2, 0.25) is 0 Å². The number of pyridine rings is 1. The fourth-order valence-corrected chi connectivity index (χ4v) is 7.30. The van der Waals surface area contributed by atoms with Crippen molar-refractivity contribution < 1.29 is 15.0 Å². The normalized spacial score (nSPS) is 27.1. The summed E-state index contributed by atoms with van der Waals surface area (Å²) < 4.78 is 0. The minimum atomic E-state index is -0.257. The van der Waals surface area contributed by atoms with Crippen molar-refractivity contribution in [2.24, 2.45) is 17.8 Å². The highest BCUT2D eigenvalue weighted by atomic mass is 16.3. The van der Waals surface area contributed by atoms with Crippen LogP contribution >= 0.6 is 0 Å². The van der Waals surface area contributed by atoms with Crippen LogP contribution in [0.1, 0.15) is 71.5 Å². The minimum Gasteiger partial charge on any atom is -0.508 e. The second-order valence-corrected chi connectivity index (χ2v) is 10.7. The number of nitrogens with one attached hydrogen (secondary N) is 1. The number of hydrogen-bond acceptors (Lipinski definition) is 4. The number of carbonyl (C=O) groups is 1. The molecule has 0 aliphatic heterocycles. The van der Waals surface area contributed by atoms with E-state index in [-0.39, 0.29) is 28.9 Å². The van der Waals surface area contributed by atoms with E-state index in [1.54, 1.807) is 36.7 Å². The number of hydrogen-bond donors (Lipinski definition) is 3. The molecule has 0 unspecified atom stereocenters. The van der Waals surface area contributed by atoms with E-state index in [0.29, 0.717) is 5.56 Å². The molecule has 4 aliphatic rings. The van der Waals surface area contributed by atoms with Crippen LogP contribution in [0, 0.1) is 17.8 Å². The molecule has 4 fully saturated rings. The van der Waals surface area contributed by atoms with Crippen molar-refractivity contribution in [2.45, 2.75) is 50.0 Å². The maximum Gasteiger partial charge on any atom is 0.252 e. The van der Waals surface area contributed by atoms with Gasteiger partial charge in [0.05, 0.1) is 0 Å². The first-order valence-electron chi connectivity index (χ1n) is 12.3. The van der Waals surface area contributed by atoms with Gasteiger partial charge in [-0.2, -0.15) is 0 Å². The Hall–Kier alpha value is -3.34. The zero-order valence-electron chi connectivity index (χ0n) is 19.2. The molecule has 5 nitrogen and oxygen atoms in total. The van der Waals surface area contributed by atoms with Gasteiger partial charge in [0.25, 0.3) is 5.91 Å². The average molecular weight is 455 g/mol. The van der Waals surface area contributed by atoms with Gasteiger partial charge in [0.1, 0.15) is 11.5 Å². The molecular formula is C29H30N2O3. The molecule has 5 heteroatoms. The van der Waals surface area contributed by atoms with Crippen LogP contribution in [0.5, 0.6) is 11.5 Å². The third-order valence-electron chi connectivity index (χ3n) is 8.28. The second kappa shape index (κ2) is 8.15. The fraction of sp³-hybridized carbons (Fsp3) is 0.379. The van der Waals surface area contributed by atoms with Gasteiger partial charge in [-0.15, -0.1) is 0 Å². The average Bonchev–Trinajstić information content (AvgIpc) is 2.81. The number of benzene rings is 2. The lowest BCUT2D eigenvalue weighted by atomic mass is 9.53. The van der Waals surface area contributed by atoms with Crippen molar-refractivity contribution in [3.63, 3.8) is 0 Å². The van der Waals surface area contributed by atoms with Crippen molar-refractivity contribution in [1.29, 1.82) is 0 Å². The number of phenols is 2. The number of aromatic nitrogens is 1. The highest BCUT2D eigenvalue weighted by molar-refractivity contribution is 5.96. The molecule has 4 saturated carbocycles. The number of phenolic OH excluding ortho intramolecular Hbond substituents is 2. The molecule has 0 atom stereocenters. The number of aromatic hydroxyl groups is 2. The van der Waals surface area contributed by atoms with Crippen LogP contribution < -0.4 is 5.32 Å². The van der Waals surface area contributed by atoms with E-state index in [4.69, 9.17) is 0 Å². The van der Waals surface area contributed by atoms with Gasteiger partial charge in [0.15, 0.2) is 0 Å². The first-order chi connectivity index (χ1) is 16.5. The zero-order chi connectivity index (χ0) is 23.3. The maximum absolute atomic E-state index is 13.8. The number of carbonyl (C=O) groups excluding carboxylic acids is 1. The highest BCUT2D eigenvalue weighted by Gasteiger charge is 2.51. The quantitative estimate of drug-likeness (QED) is 0.484. The van der Waals surface area contributed by atoms with Gasteiger partial charge >= 0.3 is 0 Å². The standard InChI is InChI=1S/C29H30N2O3/c32-23-5-1-21(2-6-23)27(22-3-7-24(33)8-4-22)26-17-30-10-9-25(26)28(34)31-29-14-18-11-19(15-29)13-20(12-18)16-29/h1-10,17-20,27,32-33H,11-16H2,(H,31,34). The Labute approximate surface area is 199 Å². The Morgan fingerprint density at radius 2 is 1.32 bits per heavy atom. The Morgan fingerprint density at radius 3 is 1.82 bits per heavy atom. The predicted molar refractivity (Wildman–Crippen MR) is 130 cm³/mol. The molecule has 4 bridgehead atoms. The van der Waals surface area contributed by atoms with Crippen molar-refractivity contribution in [3.05, 3.63) is 89.2 Å². The molecule has 7 rings (SSSR count). The molecule has 1 aromatic heterocycles. The lowest BCUT2D eigenvalue weighted by Crippen LogP contribution is -2.59. The van der Waals surface area contributed by atoms with E-state index < -0.39 is 0 Å². The summed E-state index contributed by atoms with van der Waals surface area (Å²) in [6.07, 6.45) is 10.8. The molecule has 3 N–H and O–H groups in total. The topological polar surface area (TPSA) is 82.5 Å². The summed E-state index contributed by atoms with van der Waals surface area (Å²) in [6, 6.07) is 16.0. The van der Waals surface area contributed by atoms with Crippen molar-refractivity contribution in [2.75, 3.05) is 0 Å². The summed E-state index contributed by atoms with van der Waals surface area (Å²) in [5.41, 5.74) is 3.28. The van der Waals surface area contributed by atoms with Crippen molar-refractivity contribution >= 4 is 5.91 Å². The summed E-state index contributed by atoms with van der Waals surface area (Å²) in [7, 11) is 0. The summed E-state index contributed by atoms with van der Waals surface area (Å²) in [5.74, 6) is 2.37. The van der Waals surface area contributed by atoms with Gasteiger partial charge in [0.2, 0.25) is 0 Å². The highest BCUT2D eigenvalue weighted by Crippen LogP contribution is 2.55. The first kappa shape index (κ1) is 21.2. The van der Waals surface area contributed by atoms with E-state index in [9.17, 15) is 15.0 Å². The molecule has 3 aromatic rings. The fourth-order valence-electron chi connectivity index (χ4n) is 7.30. The van der Waals surface area contributed by atoms with Gasteiger partial charge < -0.3 is 15.5 Å². The zero-order valence-corrected chi connectivity index (χ0v) is 19.2. The predicted octanol–water partition coefficient (Wildman–Crippen LogP) is 5.37. The van der Waals surface area contributed by atoms with Gasteiger partial charge in [-0.3, -0.25) is 9.78 Å². The number of amides is 1. The number of nitrogens with zero attached hydrogens (tertiary/aromatic N) is 1.